The van der Waals surface area contributed by atoms with E-state index in [1.165, 1.54) is 0 Å². The summed E-state index contributed by atoms with van der Waals surface area (Å²) in [6.45, 7) is 6.06. The lowest BCUT2D eigenvalue weighted by Crippen LogP contribution is -2.20. The van der Waals surface area contributed by atoms with Crippen LogP contribution in [-0.4, -0.2) is 11.0 Å². The lowest BCUT2D eigenvalue weighted by Gasteiger charge is -2.26. The lowest BCUT2D eigenvalue weighted by atomic mass is 9.82. The molecule has 0 aromatic heterocycles. The second-order valence-electron chi connectivity index (χ2n) is 8.52. The third kappa shape index (κ3) is 5.94. The van der Waals surface area contributed by atoms with Crippen LogP contribution >= 0.6 is 68.4 Å². The SMILES string of the molecule is CC(C)(C)c1cc(C(C#N)c2ccc(Cl)cc2)c(Cl)cc1NC(=O)c1cc(I)cc(I)c1O. The number of benzene rings is 3. The number of phenols is 1. The molecule has 1 unspecified atom stereocenters. The quantitative estimate of drug-likeness (QED) is 0.270. The van der Waals surface area contributed by atoms with Gasteiger partial charge in [0.15, 0.2) is 0 Å². The zero-order valence-electron chi connectivity index (χ0n) is 18.0. The maximum atomic E-state index is 13.1. The zero-order chi connectivity index (χ0) is 24.5. The van der Waals surface area contributed by atoms with Crippen molar-refractivity contribution in [2.45, 2.75) is 32.1 Å². The minimum Gasteiger partial charge on any atom is -0.506 e. The summed E-state index contributed by atoms with van der Waals surface area (Å²) in [6.07, 6.45) is 0. The fraction of sp³-hybridized carbons (Fsp3) is 0.200. The number of carbonyl (C=O) groups is 1. The number of carbonyl (C=O) groups excluding carboxylic acids is 1. The summed E-state index contributed by atoms with van der Waals surface area (Å²) in [5, 5.41) is 24.2. The van der Waals surface area contributed by atoms with Crippen molar-refractivity contribution in [2.75, 3.05) is 5.32 Å². The van der Waals surface area contributed by atoms with Crippen LogP contribution in [0.5, 0.6) is 5.75 Å². The molecule has 3 rings (SSSR count). The smallest absolute Gasteiger partial charge is 0.259 e. The molecule has 0 heterocycles. The van der Waals surface area contributed by atoms with Gasteiger partial charge in [-0.25, -0.2) is 0 Å². The van der Waals surface area contributed by atoms with E-state index < -0.39 is 11.8 Å². The second-order valence-corrected chi connectivity index (χ2v) is 11.8. The average Bonchev–Trinajstić information content (AvgIpc) is 2.72. The average molecular weight is 705 g/mol. The highest BCUT2D eigenvalue weighted by molar-refractivity contribution is 14.1. The first kappa shape index (κ1) is 26.1. The molecular weight excluding hydrogens is 685 g/mol. The van der Waals surface area contributed by atoms with Crippen LogP contribution in [0.15, 0.2) is 48.5 Å². The van der Waals surface area contributed by atoms with E-state index in [9.17, 15) is 15.2 Å². The van der Waals surface area contributed by atoms with E-state index in [1.54, 1.807) is 42.5 Å². The van der Waals surface area contributed by atoms with Crippen molar-refractivity contribution in [2.24, 2.45) is 0 Å². The van der Waals surface area contributed by atoms with Crippen LogP contribution < -0.4 is 5.32 Å². The van der Waals surface area contributed by atoms with E-state index in [-0.39, 0.29) is 16.7 Å². The molecular formula is C25H20Cl2I2N2O2. The summed E-state index contributed by atoms with van der Waals surface area (Å²) < 4.78 is 1.43. The first-order valence-electron chi connectivity index (χ1n) is 9.90. The highest BCUT2D eigenvalue weighted by Crippen LogP contribution is 2.39. The number of rotatable bonds is 4. The molecule has 3 aromatic carbocycles. The number of hydrogen-bond acceptors (Lipinski definition) is 3. The van der Waals surface area contributed by atoms with Crippen molar-refractivity contribution in [3.8, 4) is 11.8 Å². The van der Waals surface area contributed by atoms with Crippen molar-refractivity contribution in [3.63, 3.8) is 0 Å². The Kier molecular flexibility index (Phi) is 8.20. The molecule has 8 heteroatoms. The molecule has 0 bridgehead atoms. The summed E-state index contributed by atoms with van der Waals surface area (Å²) in [5.41, 5.74) is 2.60. The minimum absolute atomic E-state index is 0.0687. The Morgan fingerprint density at radius 1 is 1.09 bits per heavy atom. The largest absolute Gasteiger partial charge is 0.506 e. The molecule has 33 heavy (non-hydrogen) atoms. The molecule has 1 atom stereocenters. The fourth-order valence-electron chi connectivity index (χ4n) is 3.44. The molecule has 0 spiro atoms. The summed E-state index contributed by atoms with van der Waals surface area (Å²) in [7, 11) is 0. The number of nitrogens with one attached hydrogen (secondary N) is 1. The van der Waals surface area contributed by atoms with Crippen LogP contribution in [0.3, 0.4) is 0 Å². The monoisotopic (exact) mass is 704 g/mol. The van der Waals surface area contributed by atoms with Gasteiger partial charge in [-0.05, 0) is 97.6 Å². The molecule has 0 fully saturated rings. The van der Waals surface area contributed by atoms with E-state index in [1.807, 2.05) is 49.4 Å². The second kappa shape index (κ2) is 10.4. The Morgan fingerprint density at radius 3 is 2.30 bits per heavy atom. The Labute approximate surface area is 230 Å². The number of halogens is 4. The normalized spacial score (nSPS) is 12.2. The van der Waals surface area contributed by atoms with Crippen molar-refractivity contribution < 1.29 is 9.90 Å². The molecule has 0 radical (unpaired) electrons. The van der Waals surface area contributed by atoms with Crippen LogP contribution in [0.25, 0.3) is 0 Å². The molecule has 0 aliphatic heterocycles. The van der Waals surface area contributed by atoms with Crippen molar-refractivity contribution >= 4 is 80.0 Å². The predicted molar refractivity (Wildman–Crippen MR) is 151 cm³/mol. The van der Waals surface area contributed by atoms with Crippen molar-refractivity contribution in [1.82, 2.24) is 0 Å². The van der Waals surface area contributed by atoms with Crippen LogP contribution in [-0.2, 0) is 5.41 Å². The highest BCUT2D eigenvalue weighted by Gasteiger charge is 2.26. The number of nitriles is 1. The number of aromatic hydroxyl groups is 1. The Morgan fingerprint density at radius 2 is 1.73 bits per heavy atom. The Bertz CT molecular complexity index is 1260. The van der Waals surface area contributed by atoms with Gasteiger partial charge >= 0.3 is 0 Å². The molecule has 4 nitrogen and oxygen atoms in total. The topological polar surface area (TPSA) is 73.1 Å². The lowest BCUT2D eigenvalue weighted by molar-refractivity contribution is 0.102. The van der Waals surface area contributed by atoms with Gasteiger partial charge in [0.25, 0.3) is 5.91 Å². The first-order valence-corrected chi connectivity index (χ1v) is 12.8. The van der Waals surface area contributed by atoms with Gasteiger partial charge in [-0.15, -0.1) is 0 Å². The number of anilines is 1. The van der Waals surface area contributed by atoms with E-state index in [2.05, 4.69) is 34.0 Å². The Balaban J connectivity index is 2.09. The third-order valence-electron chi connectivity index (χ3n) is 5.11. The van der Waals surface area contributed by atoms with Gasteiger partial charge in [0.1, 0.15) is 5.75 Å². The van der Waals surface area contributed by atoms with Gasteiger partial charge in [0.2, 0.25) is 0 Å². The molecule has 1 amide bonds. The summed E-state index contributed by atoms with van der Waals surface area (Å²) >= 11 is 16.7. The summed E-state index contributed by atoms with van der Waals surface area (Å²) in [4.78, 5) is 13.1. The Hall–Kier alpha value is -1.54. The molecule has 3 aromatic rings. The maximum absolute atomic E-state index is 13.1. The number of phenolic OH excluding ortho intramolecular Hbond substituents is 1. The van der Waals surface area contributed by atoms with Crippen molar-refractivity contribution in [1.29, 1.82) is 5.26 Å². The molecule has 0 aliphatic carbocycles. The van der Waals surface area contributed by atoms with Gasteiger partial charge < -0.3 is 10.4 Å². The molecule has 2 N–H and O–H groups in total. The van der Waals surface area contributed by atoms with Gasteiger partial charge in [0.05, 0.1) is 21.1 Å². The van der Waals surface area contributed by atoms with E-state index in [0.717, 1.165) is 14.7 Å². The number of hydrogen-bond donors (Lipinski definition) is 2. The van der Waals surface area contributed by atoms with Crippen molar-refractivity contribution in [3.05, 3.63) is 88.0 Å². The summed E-state index contributed by atoms with van der Waals surface area (Å²) in [6, 6.07) is 16.4. The van der Waals surface area contributed by atoms with Crippen LogP contribution in [0.1, 0.15) is 53.7 Å². The zero-order valence-corrected chi connectivity index (χ0v) is 23.8. The highest BCUT2D eigenvalue weighted by atomic mass is 127. The van der Waals surface area contributed by atoms with E-state index in [4.69, 9.17) is 23.2 Å². The van der Waals surface area contributed by atoms with E-state index in [0.29, 0.717) is 24.9 Å². The first-order chi connectivity index (χ1) is 15.4. The maximum Gasteiger partial charge on any atom is 0.259 e. The molecule has 170 valence electrons. The van der Waals surface area contributed by atoms with Gasteiger partial charge in [0, 0.05) is 19.3 Å². The number of amides is 1. The molecule has 0 saturated heterocycles. The summed E-state index contributed by atoms with van der Waals surface area (Å²) in [5.74, 6) is -1.10. The molecule has 0 aliphatic rings. The van der Waals surface area contributed by atoms with Gasteiger partial charge in [-0.1, -0.05) is 62.2 Å². The van der Waals surface area contributed by atoms with Gasteiger partial charge in [-0.3, -0.25) is 4.79 Å². The standard InChI is InChI=1S/C25H20Cl2I2N2O2/c1-25(2,3)19-10-16(18(12-30)13-4-6-14(26)7-5-13)20(27)11-22(19)31-24(33)17-8-15(28)9-21(29)23(17)32/h4-11,18,32H,1-3H3,(H,31,33). The predicted octanol–water partition coefficient (Wildman–Crippen LogP) is 8.11. The van der Waals surface area contributed by atoms with Gasteiger partial charge in [-0.2, -0.15) is 5.26 Å². The van der Waals surface area contributed by atoms with Crippen LogP contribution in [0, 0.1) is 18.5 Å². The van der Waals surface area contributed by atoms with Crippen LogP contribution in [0.2, 0.25) is 10.0 Å². The minimum atomic E-state index is -0.595. The van der Waals surface area contributed by atoms with E-state index >= 15 is 0 Å². The molecule has 0 saturated carbocycles. The third-order valence-corrected chi connectivity index (χ3v) is 7.13. The fourth-order valence-corrected chi connectivity index (χ4v) is 5.69. The number of nitrogens with zero attached hydrogens (tertiary/aromatic N) is 1. The van der Waals surface area contributed by atoms with Crippen LogP contribution in [0.4, 0.5) is 5.69 Å².